The Morgan fingerprint density at radius 3 is 1.57 bits per heavy atom. The van der Waals surface area contributed by atoms with Gasteiger partial charge in [-0.3, -0.25) is 0 Å². The first kappa shape index (κ1) is 36.6. The van der Waals surface area contributed by atoms with Crippen molar-refractivity contribution in [3.8, 4) is 0 Å². The minimum absolute atomic E-state index is 0.0821. The zero-order valence-corrected chi connectivity index (χ0v) is 21.8. The maximum Gasteiger partial charge on any atom is 0.377 e. The van der Waals surface area contributed by atoms with Crippen molar-refractivity contribution in [1.82, 2.24) is 0 Å². The van der Waals surface area contributed by atoms with Gasteiger partial charge in [0.15, 0.2) is 6.61 Å². The fraction of sp³-hybridized carbons (Fsp3) is 0.826. The van der Waals surface area contributed by atoms with E-state index in [2.05, 4.69) is 14.2 Å². The first-order valence-corrected chi connectivity index (χ1v) is 11.6. The minimum Gasteiger partial charge on any atom is -0.461 e. The van der Waals surface area contributed by atoms with E-state index in [0.29, 0.717) is 27.2 Å². The van der Waals surface area contributed by atoms with Gasteiger partial charge in [0.1, 0.15) is 6.10 Å². The summed E-state index contributed by atoms with van der Waals surface area (Å²) < 4.78 is 90.3. The second-order valence-corrected chi connectivity index (χ2v) is 8.58. The van der Waals surface area contributed by atoms with Gasteiger partial charge >= 0.3 is 41.6 Å². The molecule has 0 unspecified atom stereocenters. The van der Waals surface area contributed by atoms with E-state index in [9.17, 15) is 45.5 Å². The molecule has 8 nitrogen and oxygen atoms in total. The third-order valence-electron chi connectivity index (χ3n) is 4.07. The molecule has 218 valence electrons. The average Bonchev–Trinajstić information content (AvgIpc) is 3.23. The lowest BCUT2D eigenvalue weighted by Gasteiger charge is -2.12. The van der Waals surface area contributed by atoms with Crippen molar-refractivity contribution in [3.05, 3.63) is 0 Å². The molecule has 1 rings (SSSR count). The summed E-state index contributed by atoms with van der Waals surface area (Å²) in [6.45, 7) is 5.71. The number of ether oxygens (including phenoxy) is 4. The Hall–Kier alpha value is -2.54. The van der Waals surface area contributed by atoms with Gasteiger partial charge in [0.2, 0.25) is 0 Å². The highest BCUT2D eigenvalue weighted by atomic mass is 19.3. The van der Waals surface area contributed by atoms with Gasteiger partial charge in [-0.05, 0) is 46.0 Å². The molecule has 37 heavy (non-hydrogen) atoms. The maximum atomic E-state index is 12.3. The van der Waals surface area contributed by atoms with Crippen LogP contribution in [0.4, 0.5) is 26.3 Å². The number of rotatable bonds is 10. The summed E-state index contributed by atoms with van der Waals surface area (Å²) >= 11 is 0. The summed E-state index contributed by atoms with van der Waals surface area (Å²) in [5.41, 5.74) is 0. The van der Waals surface area contributed by atoms with E-state index < -0.39 is 54.4 Å². The highest BCUT2D eigenvalue weighted by Crippen LogP contribution is 2.21. The van der Waals surface area contributed by atoms with Crippen LogP contribution in [0, 0.1) is 0 Å². The monoisotopic (exact) mass is 554 g/mol. The van der Waals surface area contributed by atoms with Crippen LogP contribution in [0.5, 0.6) is 0 Å². The number of halogens is 6. The van der Waals surface area contributed by atoms with Gasteiger partial charge in [-0.2, -0.15) is 26.3 Å². The summed E-state index contributed by atoms with van der Waals surface area (Å²) in [7, 11) is 0. The lowest BCUT2D eigenvalue weighted by Crippen LogP contribution is -2.30. The van der Waals surface area contributed by atoms with Crippen LogP contribution in [0.25, 0.3) is 0 Å². The Balaban J connectivity index is 0. The third kappa shape index (κ3) is 20.2. The van der Waals surface area contributed by atoms with Crippen molar-refractivity contribution in [2.45, 2.75) is 110 Å². The standard InChI is InChI=1S/C10H14F2O4.C7H12F2O2.C6H10F2O2/c1-10(11,12)9(14)15-6-8(13)16-7-4-2-3-5-7;1-3-4-5-11-6(10)7(2,8)9;1-4(2)10-5(9)6(3,7)8/h7H,2-6H2,1H3;3-5H2,1-2H3;4H,1-3H3. The topological polar surface area (TPSA) is 105 Å². The minimum atomic E-state index is -3.58. The highest BCUT2D eigenvalue weighted by Gasteiger charge is 2.36. The predicted octanol–water partition coefficient (Wildman–Crippen LogP) is 5.25. The van der Waals surface area contributed by atoms with E-state index in [0.717, 1.165) is 32.1 Å². The Morgan fingerprint density at radius 1 is 0.784 bits per heavy atom. The Labute approximate surface area is 212 Å². The van der Waals surface area contributed by atoms with Crippen molar-refractivity contribution in [1.29, 1.82) is 0 Å². The van der Waals surface area contributed by atoms with E-state index in [4.69, 9.17) is 4.74 Å². The van der Waals surface area contributed by atoms with Gasteiger partial charge in [-0.25, -0.2) is 19.2 Å². The maximum absolute atomic E-state index is 12.3. The molecule has 14 heteroatoms. The van der Waals surface area contributed by atoms with Crippen molar-refractivity contribution >= 4 is 23.9 Å². The van der Waals surface area contributed by atoms with Gasteiger partial charge in [-0.15, -0.1) is 0 Å². The second-order valence-electron chi connectivity index (χ2n) is 8.58. The summed E-state index contributed by atoms with van der Waals surface area (Å²) in [4.78, 5) is 42.4. The highest BCUT2D eigenvalue weighted by molar-refractivity contribution is 5.80. The van der Waals surface area contributed by atoms with Gasteiger partial charge in [0.05, 0.1) is 12.7 Å². The van der Waals surface area contributed by atoms with Gasteiger partial charge < -0.3 is 18.9 Å². The summed E-state index contributed by atoms with van der Waals surface area (Å²) in [6, 6.07) is 0. The molecule has 0 N–H and O–H groups in total. The number of unbranched alkanes of at least 4 members (excludes halogenated alkanes) is 1. The largest absolute Gasteiger partial charge is 0.461 e. The van der Waals surface area contributed by atoms with Gasteiger partial charge in [0.25, 0.3) is 0 Å². The van der Waals surface area contributed by atoms with Gasteiger partial charge in [0, 0.05) is 20.8 Å². The van der Waals surface area contributed by atoms with E-state index in [1.54, 1.807) is 0 Å². The SMILES string of the molecule is CC(C)OC(=O)C(C)(F)F.CC(F)(F)C(=O)OCC(=O)OC1CCCC1.CCCCOC(=O)C(C)(F)F. The van der Waals surface area contributed by atoms with E-state index >= 15 is 0 Å². The zero-order valence-electron chi connectivity index (χ0n) is 21.8. The second kappa shape index (κ2) is 17.1. The Morgan fingerprint density at radius 2 is 1.22 bits per heavy atom. The van der Waals surface area contributed by atoms with Crippen molar-refractivity contribution in [2.24, 2.45) is 0 Å². The molecule has 1 fully saturated rings. The van der Waals surface area contributed by atoms with Crippen LogP contribution in [0.2, 0.25) is 0 Å². The molecule has 0 spiro atoms. The summed E-state index contributed by atoms with van der Waals surface area (Å²) in [6.07, 6.45) is 4.35. The number of carbonyl (C=O) groups is 4. The number of hydrogen-bond acceptors (Lipinski definition) is 8. The van der Waals surface area contributed by atoms with Crippen LogP contribution in [-0.4, -0.2) is 67.1 Å². The number of carbonyl (C=O) groups excluding carboxylic acids is 4. The van der Waals surface area contributed by atoms with Crippen LogP contribution in [0.15, 0.2) is 0 Å². The van der Waals surface area contributed by atoms with Crippen molar-refractivity contribution < 1.29 is 64.5 Å². The fourth-order valence-electron chi connectivity index (χ4n) is 2.23. The molecule has 0 aromatic carbocycles. The van der Waals surface area contributed by atoms with E-state index in [-0.39, 0.29) is 12.7 Å². The number of alkyl halides is 6. The molecule has 0 heterocycles. The molecule has 0 radical (unpaired) electrons. The van der Waals surface area contributed by atoms with Crippen molar-refractivity contribution in [2.75, 3.05) is 13.2 Å². The smallest absolute Gasteiger partial charge is 0.377 e. The predicted molar refractivity (Wildman–Crippen MR) is 118 cm³/mol. The summed E-state index contributed by atoms with van der Waals surface area (Å²) in [5, 5.41) is 0. The number of hydrogen-bond donors (Lipinski definition) is 0. The lowest BCUT2D eigenvalue weighted by atomic mass is 10.3. The average molecular weight is 555 g/mol. The summed E-state index contributed by atoms with van der Waals surface area (Å²) in [5.74, 6) is -15.7. The zero-order chi connectivity index (χ0) is 29.4. The molecule has 0 saturated heterocycles. The van der Waals surface area contributed by atoms with Gasteiger partial charge in [-0.1, -0.05) is 13.3 Å². The molecule has 0 aromatic rings. The first-order chi connectivity index (χ1) is 16.7. The molecular weight excluding hydrogens is 518 g/mol. The van der Waals surface area contributed by atoms with E-state index in [1.807, 2.05) is 6.92 Å². The molecule has 1 aliphatic rings. The van der Waals surface area contributed by atoms with Crippen molar-refractivity contribution in [3.63, 3.8) is 0 Å². The third-order valence-corrected chi connectivity index (χ3v) is 4.07. The van der Waals surface area contributed by atoms with Crippen LogP contribution in [0.3, 0.4) is 0 Å². The van der Waals surface area contributed by atoms with Crippen LogP contribution in [-0.2, 0) is 38.1 Å². The molecular formula is C23H36F6O8. The molecule has 0 amide bonds. The molecule has 0 atom stereocenters. The molecule has 1 aliphatic carbocycles. The Bertz CT molecular complexity index is 705. The first-order valence-electron chi connectivity index (χ1n) is 11.6. The quantitative estimate of drug-likeness (QED) is 0.156. The van der Waals surface area contributed by atoms with Crippen LogP contribution in [0.1, 0.15) is 80.1 Å². The Kier molecular flexibility index (Phi) is 16.9. The molecule has 1 saturated carbocycles. The molecule has 0 aliphatic heterocycles. The van der Waals surface area contributed by atoms with Crippen LogP contribution >= 0.6 is 0 Å². The molecule has 0 aromatic heterocycles. The fourth-order valence-corrected chi connectivity index (χ4v) is 2.23. The number of esters is 4. The molecule has 0 bridgehead atoms. The normalized spacial score (nSPS) is 14.0. The van der Waals surface area contributed by atoms with E-state index in [1.165, 1.54) is 13.8 Å². The van der Waals surface area contributed by atoms with Crippen LogP contribution < -0.4 is 0 Å². The lowest BCUT2D eigenvalue weighted by molar-refractivity contribution is -0.176.